The second-order valence-corrected chi connectivity index (χ2v) is 5.85. The highest BCUT2D eigenvalue weighted by Gasteiger charge is 2.22. The van der Waals surface area contributed by atoms with Crippen molar-refractivity contribution in [2.45, 2.75) is 25.7 Å². The zero-order chi connectivity index (χ0) is 15.5. The third-order valence-electron chi connectivity index (χ3n) is 4.36. The van der Waals surface area contributed by atoms with Gasteiger partial charge in [-0.15, -0.1) is 0 Å². The SMILES string of the molecule is COc1ccc2c(c1)C(CNC(C)=O)Cc1ccccc1C2. The number of hydrogen-bond acceptors (Lipinski definition) is 2. The summed E-state index contributed by atoms with van der Waals surface area (Å²) in [6.45, 7) is 2.22. The van der Waals surface area contributed by atoms with Gasteiger partial charge in [0.25, 0.3) is 0 Å². The Balaban J connectivity index is 2.02. The number of ether oxygens (including phenoxy) is 1. The number of hydrogen-bond donors (Lipinski definition) is 1. The zero-order valence-corrected chi connectivity index (χ0v) is 13.1. The minimum atomic E-state index is 0.0157. The van der Waals surface area contributed by atoms with E-state index in [1.807, 2.05) is 6.07 Å². The predicted molar refractivity (Wildman–Crippen MR) is 87.4 cm³/mol. The Morgan fingerprint density at radius 2 is 1.95 bits per heavy atom. The number of amides is 1. The monoisotopic (exact) mass is 295 g/mol. The van der Waals surface area contributed by atoms with Gasteiger partial charge in [-0.2, -0.15) is 0 Å². The van der Waals surface area contributed by atoms with Crippen molar-refractivity contribution in [1.82, 2.24) is 5.32 Å². The van der Waals surface area contributed by atoms with Crippen LogP contribution in [0.5, 0.6) is 5.75 Å². The second-order valence-electron chi connectivity index (χ2n) is 5.85. The first-order valence-corrected chi connectivity index (χ1v) is 7.65. The van der Waals surface area contributed by atoms with Crippen LogP contribution in [-0.2, 0) is 17.6 Å². The Labute approximate surface area is 131 Å². The fourth-order valence-corrected chi connectivity index (χ4v) is 3.20. The number of carbonyl (C=O) groups excluding carboxylic acids is 1. The predicted octanol–water partition coefficient (Wildman–Crippen LogP) is 3.06. The van der Waals surface area contributed by atoms with Crippen LogP contribution in [0.1, 0.15) is 35.1 Å². The maximum absolute atomic E-state index is 11.3. The first kappa shape index (κ1) is 14.6. The first-order valence-electron chi connectivity index (χ1n) is 7.65. The van der Waals surface area contributed by atoms with Gasteiger partial charge in [-0.05, 0) is 47.2 Å². The summed E-state index contributed by atoms with van der Waals surface area (Å²) in [5, 5.41) is 2.97. The van der Waals surface area contributed by atoms with Crippen molar-refractivity contribution in [3.05, 3.63) is 64.7 Å². The van der Waals surface area contributed by atoms with Gasteiger partial charge < -0.3 is 10.1 Å². The van der Waals surface area contributed by atoms with Gasteiger partial charge in [0, 0.05) is 19.4 Å². The third-order valence-corrected chi connectivity index (χ3v) is 4.36. The van der Waals surface area contributed by atoms with Crippen molar-refractivity contribution < 1.29 is 9.53 Å². The van der Waals surface area contributed by atoms with Crippen LogP contribution in [0.2, 0.25) is 0 Å². The summed E-state index contributed by atoms with van der Waals surface area (Å²) < 4.78 is 5.38. The fourth-order valence-electron chi connectivity index (χ4n) is 3.20. The Morgan fingerprint density at radius 1 is 1.18 bits per heavy atom. The van der Waals surface area contributed by atoms with E-state index in [0.29, 0.717) is 6.54 Å². The van der Waals surface area contributed by atoms with Crippen LogP contribution < -0.4 is 10.1 Å². The molecular formula is C19H21NO2. The van der Waals surface area contributed by atoms with Crippen LogP contribution >= 0.6 is 0 Å². The highest BCUT2D eigenvalue weighted by Crippen LogP contribution is 2.33. The molecule has 1 aliphatic carbocycles. The van der Waals surface area contributed by atoms with Crippen LogP contribution in [0.3, 0.4) is 0 Å². The summed E-state index contributed by atoms with van der Waals surface area (Å²) in [6.07, 6.45) is 1.88. The molecule has 0 fully saturated rings. The lowest BCUT2D eigenvalue weighted by atomic mass is 9.91. The minimum Gasteiger partial charge on any atom is -0.497 e. The Hall–Kier alpha value is -2.29. The van der Waals surface area contributed by atoms with E-state index in [1.54, 1.807) is 14.0 Å². The molecule has 0 heterocycles. The average molecular weight is 295 g/mol. The normalized spacial score (nSPS) is 16.2. The molecule has 0 aliphatic heterocycles. The maximum Gasteiger partial charge on any atom is 0.216 e. The molecular weight excluding hydrogens is 274 g/mol. The number of nitrogens with one attached hydrogen (secondary N) is 1. The van der Waals surface area contributed by atoms with E-state index in [2.05, 4.69) is 41.7 Å². The summed E-state index contributed by atoms with van der Waals surface area (Å²) in [5.74, 6) is 1.16. The summed E-state index contributed by atoms with van der Waals surface area (Å²) in [6, 6.07) is 14.9. The molecule has 0 spiro atoms. The van der Waals surface area contributed by atoms with Gasteiger partial charge in [-0.25, -0.2) is 0 Å². The molecule has 0 saturated carbocycles. The zero-order valence-electron chi connectivity index (χ0n) is 13.1. The Morgan fingerprint density at radius 3 is 2.68 bits per heavy atom. The molecule has 1 unspecified atom stereocenters. The summed E-state index contributed by atoms with van der Waals surface area (Å²) in [4.78, 5) is 11.3. The van der Waals surface area contributed by atoms with Gasteiger partial charge in [0.1, 0.15) is 5.75 Å². The van der Waals surface area contributed by atoms with E-state index in [9.17, 15) is 4.79 Å². The topological polar surface area (TPSA) is 38.3 Å². The summed E-state index contributed by atoms with van der Waals surface area (Å²) in [7, 11) is 1.69. The molecule has 2 aromatic carbocycles. The van der Waals surface area contributed by atoms with E-state index in [0.717, 1.165) is 18.6 Å². The number of carbonyl (C=O) groups is 1. The van der Waals surface area contributed by atoms with Gasteiger partial charge in [-0.1, -0.05) is 30.3 Å². The van der Waals surface area contributed by atoms with Crippen molar-refractivity contribution >= 4 is 5.91 Å². The van der Waals surface area contributed by atoms with E-state index >= 15 is 0 Å². The number of fused-ring (bicyclic) bond motifs is 2. The molecule has 22 heavy (non-hydrogen) atoms. The molecule has 3 heteroatoms. The van der Waals surface area contributed by atoms with E-state index in [1.165, 1.54) is 22.3 Å². The number of benzene rings is 2. The van der Waals surface area contributed by atoms with Crippen molar-refractivity contribution in [3.8, 4) is 5.75 Å². The molecule has 0 aromatic heterocycles. The minimum absolute atomic E-state index is 0.0157. The molecule has 0 radical (unpaired) electrons. The Kier molecular flexibility index (Phi) is 4.14. The van der Waals surface area contributed by atoms with Crippen molar-refractivity contribution in [2.75, 3.05) is 13.7 Å². The molecule has 1 amide bonds. The summed E-state index contributed by atoms with van der Waals surface area (Å²) >= 11 is 0. The lowest BCUT2D eigenvalue weighted by molar-refractivity contribution is -0.119. The van der Waals surface area contributed by atoms with Gasteiger partial charge in [-0.3, -0.25) is 4.79 Å². The molecule has 3 nitrogen and oxygen atoms in total. The molecule has 1 atom stereocenters. The van der Waals surface area contributed by atoms with Crippen molar-refractivity contribution in [3.63, 3.8) is 0 Å². The van der Waals surface area contributed by atoms with Gasteiger partial charge in [0.15, 0.2) is 0 Å². The maximum atomic E-state index is 11.3. The molecule has 1 aliphatic rings. The fraction of sp³-hybridized carbons (Fsp3) is 0.316. The highest BCUT2D eigenvalue weighted by molar-refractivity contribution is 5.72. The van der Waals surface area contributed by atoms with E-state index < -0.39 is 0 Å². The van der Waals surface area contributed by atoms with Crippen LogP contribution in [0, 0.1) is 0 Å². The van der Waals surface area contributed by atoms with Crippen molar-refractivity contribution in [1.29, 1.82) is 0 Å². The molecule has 1 N–H and O–H groups in total. The first-order chi connectivity index (χ1) is 10.7. The van der Waals surface area contributed by atoms with Gasteiger partial charge in [0.05, 0.1) is 7.11 Å². The molecule has 0 saturated heterocycles. The van der Waals surface area contributed by atoms with E-state index in [-0.39, 0.29) is 11.8 Å². The lowest BCUT2D eigenvalue weighted by Gasteiger charge is -2.19. The molecule has 0 bridgehead atoms. The smallest absolute Gasteiger partial charge is 0.216 e. The molecule has 2 aromatic rings. The van der Waals surface area contributed by atoms with Crippen LogP contribution in [-0.4, -0.2) is 19.6 Å². The van der Waals surface area contributed by atoms with Gasteiger partial charge >= 0.3 is 0 Å². The summed E-state index contributed by atoms with van der Waals surface area (Å²) in [5.41, 5.74) is 5.35. The largest absolute Gasteiger partial charge is 0.497 e. The number of methoxy groups -OCH3 is 1. The average Bonchev–Trinajstić information content (AvgIpc) is 2.68. The quantitative estimate of drug-likeness (QED) is 0.945. The number of rotatable bonds is 3. The van der Waals surface area contributed by atoms with Crippen LogP contribution in [0.15, 0.2) is 42.5 Å². The van der Waals surface area contributed by atoms with Crippen LogP contribution in [0.4, 0.5) is 0 Å². The van der Waals surface area contributed by atoms with Crippen molar-refractivity contribution in [2.24, 2.45) is 0 Å². The molecule has 114 valence electrons. The Bertz CT molecular complexity index is 694. The third kappa shape index (κ3) is 2.98. The van der Waals surface area contributed by atoms with Gasteiger partial charge in [0.2, 0.25) is 5.91 Å². The van der Waals surface area contributed by atoms with E-state index in [4.69, 9.17) is 4.74 Å². The standard InChI is InChI=1S/C19H21NO2/c1-13(21)20-12-17-10-15-6-4-3-5-14(15)9-16-7-8-18(22-2)11-19(16)17/h3-8,11,17H,9-10,12H2,1-2H3,(H,20,21). The highest BCUT2D eigenvalue weighted by atomic mass is 16.5. The lowest BCUT2D eigenvalue weighted by Crippen LogP contribution is -2.27. The van der Waals surface area contributed by atoms with Crippen LogP contribution in [0.25, 0.3) is 0 Å². The second kappa shape index (κ2) is 6.22. The molecule has 3 rings (SSSR count).